The molecule has 1 saturated heterocycles. The highest BCUT2D eigenvalue weighted by molar-refractivity contribution is 6.01. The Labute approximate surface area is 128 Å². The molecule has 2 aliphatic heterocycles. The smallest absolute Gasteiger partial charge is 0.254 e. The van der Waals surface area contributed by atoms with Gasteiger partial charge >= 0.3 is 0 Å². The molecule has 7 nitrogen and oxygen atoms in total. The molecule has 1 unspecified atom stereocenters. The van der Waals surface area contributed by atoms with Crippen LogP contribution in [0.1, 0.15) is 16.8 Å². The van der Waals surface area contributed by atoms with E-state index in [2.05, 4.69) is 0 Å². The fourth-order valence-electron chi connectivity index (χ4n) is 2.76. The van der Waals surface area contributed by atoms with Gasteiger partial charge in [0.25, 0.3) is 5.91 Å². The molecular formula is C15H19N3O4. The molecule has 1 aromatic carbocycles. The Bertz CT molecular complexity index is 619. The van der Waals surface area contributed by atoms with Gasteiger partial charge in [0.1, 0.15) is 18.4 Å². The number of hydrogen-bond acceptors (Lipinski definition) is 5. The van der Waals surface area contributed by atoms with E-state index in [9.17, 15) is 14.7 Å². The summed E-state index contributed by atoms with van der Waals surface area (Å²) >= 11 is 0. The van der Waals surface area contributed by atoms with E-state index < -0.39 is 12.1 Å². The minimum atomic E-state index is -0.717. The summed E-state index contributed by atoms with van der Waals surface area (Å²) in [5, 5.41) is 9.55. The number of aliphatic hydroxyl groups is 1. The number of likely N-dealkylation sites (tertiary alicyclic amines) is 1. The Kier molecular flexibility index (Phi) is 3.76. The van der Waals surface area contributed by atoms with Gasteiger partial charge in [0.05, 0.1) is 11.8 Å². The summed E-state index contributed by atoms with van der Waals surface area (Å²) < 4.78 is 5.53. The van der Waals surface area contributed by atoms with E-state index in [4.69, 9.17) is 10.5 Å². The minimum Gasteiger partial charge on any atom is -0.489 e. The Hall–Kier alpha value is -2.12. The highest BCUT2D eigenvalue weighted by atomic mass is 16.5. The third kappa shape index (κ3) is 2.53. The Balaban J connectivity index is 1.90. The number of aliphatic hydroxyl groups excluding tert-OH is 1. The first-order chi connectivity index (χ1) is 10.5. The number of amides is 2. The third-order valence-corrected chi connectivity index (χ3v) is 4.08. The molecule has 0 aliphatic carbocycles. The second kappa shape index (κ2) is 5.58. The molecule has 2 atom stereocenters. The van der Waals surface area contributed by atoms with Gasteiger partial charge in [0.15, 0.2) is 0 Å². The van der Waals surface area contributed by atoms with Crippen molar-refractivity contribution in [2.45, 2.75) is 18.6 Å². The van der Waals surface area contributed by atoms with Gasteiger partial charge in [-0.2, -0.15) is 0 Å². The Morgan fingerprint density at radius 2 is 2.23 bits per heavy atom. The number of likely N-dealkylation sites (N-methyl/N-ethyl adjacent to an activating group) is 1. The predicted molar refractivity (Wildman–Crippen MR) is 79.8 cm³/mol. The van der Waals surface area contributed by atoms with E-state index >= 15 is 0 Å². The van der Waals surface area contributed by atoms with Crippen LogP contribution in [0, 0.1) is 0 Å². The molecule has 1 aromatic rings. The Morgan fingerprint density at radius 3 is 2.91 bits per heavy atom. The number of anilines is 1. The van der Waals surface area contributed by atoms with Crippen molar-refractivity contribution in [1.82, 2.24) is 4.90 Å². The SMILES string of the molecule is CN1C(=O)[C@@H](N)COc2ccc(C(=O)N3CCC(O)C3)cc21. The van der Waals surface area contributed by atoms with Crippen LogP contribution in [-0.2, 0) is 4.79 Å². The number of carbonyl (C=O) groups excluding carboxylic acids is 2. The monoisotopic (exact) mass is 305 g/mol. The lowest BCUT2D eigenvalue weighted by atomic mass is 10.1. The molecular weight excluding hydrogens is 286 g/mol. The molecule has 0 aromatic heterocycles. The fraction of sp³-hybridized carbons (Fsp3) is 0.467. The van der Waals surface area contributed by atoms with Gasteiger partial charge in [-0.15, -0.1) is 0 Å². The molecule has 3 rings (SSSR count). The van der Waals surface area contributed by atoms with Crippen molar-refractivity contribution < 1.29 is 19.4 Å². The summed E-state index contributed by atoms with van der Waals surface area (Å²) in [6.45, 7) is 0.987. The predicted octanol–water partition coefficient (Wildman–Crippen LogP) is -0.424. The molecule has 7 heteroatoms. The number of fused-ring (bicyclic) bond motifs is 1. The molecule has 0 spiro atoms. The second-order valence-corrected chi connectivity index (χ2v) is 5.69. The van der Waals surface area contributed by atoms with Gasteiger partial charge in [-0.05, 0) is 24.6 Å². The lowest BCUT2D eigenvalue weighted by Gasteiger charge is -2.20. The number of nitrogens with zero attached hydrogens (tertiary/aromatic N) is 2. The molecule has 0 radical (unpaired) electrons. The standard InChI is InChI=1S/C15H19N3O4/c1-17-12-6-9(14(20)18-5-4-10(19)7-18)2-3-13(12)22-8-11(16)15(17)21/h2-3,6,10-11,19H,4-5,7-8,16H2,1H3/t10?,11-/m0/s1. The van der Waals surface area contributed by atoms with E-state index in [0.717, 1.165) is 0 Å². The summed E-state index contributed by atoms with van der Waals surface area (Å²) in [7, 11) is 1.61. The quantitative estimate of drug-likeness (QED) is 0.734. The summed E-state index contributed by atoms with van der Waals surface area (Å²) in [5.74, 6) is 0.121. The average Bonchev–Trinajstić information content (AvgIpc) is 2.92. The third-order valence-electron chi connectivity index (χ3n) is 4.08. The maximum absolute atomic E-state index is 12.5. The van der Waals surface area contributed by atoms with Crippen molar-refractivity contribution >= 4 is 17.5 Å². The van der Waals surface area contributed by atoms with E-state index in [1.807, 2.05) is 0 Å². The van der Waals surface area contributed by atoms with Crippen LogP contribution in [0.25, 0.3) is 0 Å². The molecule has 3 N–H and O–H groups in total. The first-order valence-corrected chi connectivity index (χ1v) is 7.24. The first-order valence-electron chi connectivity index (χ1n) is 7.24. The largest absolute Gasteiger partial charge is 0.489 e. The van der Waals surface area contributed by atoms with E-state index in [0.29, 0.717) is 36.5 Å². The number of carbonyl (C=O) groups is 2. The van der Waals surface area contributed by atoms with E-state index in [-0.39, 0.29) is 18.4 Å². The Morgan fingerprint density at radius 1 is 1.45 bits per heavy atom. The van der Waals surface area contributed by atoms with Crippen LogP contribution < -0.4 is 15.4 Å². The van der Waals surface area contributed by atoms with Crippen molar-refractivity contribution in [3.8, 4) is 5.75 Å². The maximum Gasteiger partial charge on any atom is 0.254 e. The van der Waals surface area contributed by atoms with Gasteiger partial charge in [-0.3, -0.25) is 9.59 Å². The van der Waals surface area contributed by atoms with Gasteiger partial charge < -0.3 is 25.4 Å². The normalized spacial score (nSPS) is 24.8. The number of rotatable bonds is 1. The van der Waals surface area contributed by atoms with Gasteiger partial charge in [0.2, 0.25) is 5.91 Å². The average molecular weight is 305 g/mol. The molecule has 2 heterocycles. The van der Waals surface area contributed by atoms with Crippen molar-refractivity contribution in [3.63, 3.8) is 0 Å². The number of ether oxygens (including phenoxy) is 1. The van der Waals surface area contributed by atoms with Crippen LogP contribution >= 0.6 is 0 Å². The zero-order valence-corrected chi connectivity index (χ0v) is 12.4. The molecule has 0 bridgehead atoms. The van der Waals surface area contributed by atoms with Crippen molar-refractivity contribution in [2.24, 2.45) is 5.73 Å². The minimum absolute atomic E-state index is 0.113. The fourth-order valence-corrected chi connectivity index (χ4v) is 2.76. The van der Waals surface area contributed by atoms with Crippen LogP contribution in [0.15, 0.2) is 18.2 Å². The van der Waals surface area contributed by atoms with Gasteiger partial charge in [0, 0.05) is 25.7 Å². The van der Waals surface area contributed by atoms with E-state index in [1.165, 1.54) is 4.90 Å². The first kappa shape index (κ1) is 14.8. The van der Waals surface area contributed by atoms with Crippen molar-refractivity contribution in [1.29, 1.82) is 0 Å². The molecule has 0 saturated carbocycles. The lowest BCUT2D eigenvalue weighted by Crippen LogP contribution is -2.43. The molecule has 2 aliphatic rings. The lowest BCUT2D eigenvalue weighted by molar-refractivity contribution is -0.119. The second-order valence-electron chi connectivity index (χ2n) is 5.69. The van der Waals surface area contributed by atoms with Crippen LogP contribution in [0.5, 0.6) is 5.75 Å². The van der Waals surface area contributed by atoms with Crippen LogP contribution in [-0.4, -0.2) is 60.7 Å². The zero-order chi connectivity index (χ0) is 15.9. The van der Waals surface area contributed by atoms with E-state index in [1.54, 1.807) is 30.1 Å². The zero-order valence-electron chi connectivity index (χ0n) is 12.4. The summed E-state index contributed by atoms with van der Waals surface area (Å²) in [4.78, 5) is 27.6. The number of β-amino-alcohol motifs (C(OH)–C–C–N with tert-alkyl or cyclic N) is 1. The van der Waals surface area contributed by atoms with Gasteiger partial charge in [-0.1, -0.05) is 0 Å². The summed E-state index contributed by atoms with van der Waals surface area (Å²) in [5.41, 5.74) is 6.74. The number of hydrogen-bond donors (Lipinski definition) is 2. The maximum atomic E-state index is 12.5. The molecule has 22 heavy (non-hydrogen) atoms. The van der Waals surface area contributed by atoms with Crippen molar-refractivity contribution in [2.75, 3.05) is 31.6 Å². The van der Waals surface area contributed by atoms with Crippen LogP contribution in [0.2, 0.25) is 0 Å². The van der Waals surface area contributed by atoms with Crippen LogP contribution in [0.4, 0.5) is 5.69 Å². The highest BCUT2D eigenvalue weighted by Crippen LogP contribution is 2.32. The number of benzene rings is 1. The molecule has 1 fully saturated rings. The van der Waals surface area contributed by atoms with Gasteiger partial charge in [-0.25, -0.2) is 0 Å². The molecule has 118 valence electrons. The summed E-state index contributed by atoms with van der Waals surface area (Å²) in [6.07, 6.45) is 0.128. The topological polar surface area (TPSA) is 96.1 Å². The summed E-state index contributed by atoms with van der Waals surface area (Å²) in [6, 6.07) is 4.27. The van der Waals surface area contributed by atoms with Crippen LogP contribution in [0.3, 0.4) is 0 Å². The van der Waals surface area contributed by atoms with Crippen molar-refractivity contribution in [3.05, 3.63) is 23.8 Å². The number of nitrogens with two attached hydrogens (primary N) is 1. The highest BCUT2D eigenvalue weighted by Gasteiger charge is 2.29. The molecule has 2 amide bonds.